The first-order chi connectivity index (χ1) is 7.83. The fraction of sp³-hybridized carbons (Fsp3) is 0.250. The van der Waals surface area contributed by atoms with Crippen LogP contribution >= 0.6 is 0 Å². The number of aromatic amines is 1. The minimum absolute atomic E-state index is 0.0402. The molecule has 1 heterocycles. The Hall–Kier alpha value is -1.81. The molecular weight excluding hydrogens is 206 g/mol. The van der Waals surface area contributed by atoms with Gasteiger partial charge in [-0.1, -0.05) is 12.1 Å². The number of carbonyl (C=O) groups excluding carboxylic acids is 1. The Morgan fingerprint density at radius 3 is 3.00 bits per heavy atom. The van der Waals surface area contributed by atoms with Gasteiger partial charge in [-0.15, -0.1) is 0 Å². The Morgan fingerprint density at radius 1 is 1.38 bits per heavy atom. The summed E-state index contributed by atoms with van der Waals surface area (Å²) in [6, 6.07) is 7.79. The van der Waals surface area contributed by atoms with Crippen molar-refractivity contribution >= 4 is 17.4 Å². The van der Waals surface area contributed by atoms with E-state index < -0.39 is 0 Å². The lowest BCUT2D eigenvalue weighted by molar-refractivity contribution is -0.128. The Morgan fingerprint density at radius 2 is 2.25 bits per heavy atom. The second-order valence-corrected chi connectivity index (χ2v) is 3.59. The van der Waals surface area contributed by atoms with E-state index >= 15 is 0 Å². The predicted molar refractivity (Wildman–Crippen MR) is 59.9 cm³/mol. The van der Waals surface area contributed by atoms with Crippen molar-refractivity contribution in [2.45, 2.75) is 13.0 Å². The van der Waals surface area contributed by atoms with Crippen molar-refractivity contribution in [3.8, 4) is 0 Å². The third-order valence-electron chi connectivity index (χ3n) is 2.48. The lowest BCUT2D eigenvalue weighted by Crippen LogP contribution is -1.96. The smallest absolute Gasteiger partial charge is 0.293 e. The van der Waals surface area contributed by atoms with Gasteiger partial charge in [-0.3, -0.25) is 4.79 Å². The average Bonchev–Trinajstić information content (AvgIpc) is 2.70. The summed E-state index contributed by atoms with van der Waals surface area (Å²) in [4.78, 5) is 13.2. The maximum Gasteiger partial charge on any atom is 0.293 e. The SMILES string of the molecule is O=COCCc1cc2ccc(CO)cc2[nH]1. The van der Waals surface area contributed by atoms with Gasteiger partial charge >= 0.3 is 0 Å². The zero-order chi connectivity index (χ0) is 11.4. The molecule has 0 saturated carbocycles. The fourth-order valence-corrected chi connectivity index (χ4v) is 1.68. The summed E-state index contributed by atoms with van der Waals surface area (Å²) in [6.45, 7) is 0.869. The highest BCUT2D eigenvalue weighted by molar-refractivity contribution is 5.81. The molecule has 84 valence electrons. The topological polar surface area (TPSA) is 62.3 Å². The Bertz CT molecular complexity index is 490. The van der Waals surface area contributed by atoms with Crippen LogP contribution in [0, 0.1) is 0 Å². The van der Waals surface area contributed by atoms with Gasteiger partial charge in [0.25, 0.3) is 6.47 Å². The van der Waals surface area contributed by atoms with Crippen LogP contribution in [0.3, 0.4) is 0 Å². The maximum absolute atomic E-state index is 9.99. The summed E-state index contributed by atoms with van der Waals surface area (Å²) in [7, 11) is 0. The summed E-state index contributed by atoms with van der Waals surface area (Å²) in [5.41, 5.74) is 2.89. The van der Waals surface area contributed by atoms with Gasteiger partial charge in [0.15, 0.2) is 0 Å². The molecule has 0 unspecified atom stereocenters. The van der Waals surface area contributed by atoms with E-state index in [-0.39, 0.29) is 6.61 Å². The number of benzene rings is 1. The number of aliphatic hydroxyl groups is 1. The highest BCUT2D eigenvalue weighted by Gasteiger charge is 2.01. The van der Waals surface area contributed by atoms with Gasteiger partial charge in [0.05, 0.1) is 13.2 Å². The minimum Gasteiger partial charge on any atom is -0.467 e. The Kier molecular flexibility index (Phi) is 3.22. The molecule has 0 bridgehead atoms. The lowest BCUT2D eigenvalue weighted by Gasteiger charge is -1.95. The quantitative estimate of drug-likeness (QED) is 0.589. The highest BCUT2D eigenvalue weighted by atomic mass is 16.5. The second-order valence-electron chi connectivity index (χ2n) is 3.59. The molecule has 0 radical (unpaired) electrons. The van der Waals surface area contributed by atoms with Crippen molar-refractivity contribution in [2.24, 2.45) is 0 Å². The van der Waals surface area contributed by atoms with Crippen LogP contribution in [-0.2, 0) is 22.6 Å². The van der Waals surface area contributed by atoms with E-state index in [0.717, 1.165) is 22.2 Å². The summed E-state index contributed by atoms with van der Waals surface area (Å²) in [6.07, 6.45) is 0.669. The van der Waals surface area contributed by atoms with E-state index in [1.54, 1.807) is 0 Å². The third kappa shape index (κ3) is 2.23. The van der Waals surface area contributed by atoms with Crippen LogP contribution in [-0.4, -0.2) is 23.2 Å². The number of carbonyl (C=O) groups is 1. The molecule has 0 aliphatic carbocycles. The van der Waals surface area contributed by atoms with Crippen molar-refractivity contribution in [1.29, 1.82) is 0 Å². The van der Waals surface area contributed by atoms with Gasteiger partial charge in [0.1, 0.15) is 0 Å². The molecule has 2 rings (SSSR count). The van der Waals surface area contributed by atoms with Crippen molar-refractivity contribution in [2.75, 3.05) is 6.61 Å². The first-order valence-electron chi connectivity index (χ1n) is 5.10. The standard InChI is InChI=1S/C12H13NO3/c14-7-9-1-2-10-6-11(3-4-16-8-15)13-12(10)5-9/h1-2,5-6,8,13-14H,3-4,7H2. The lowest BCUT2D eigenvalue weighted by atomic mass is 10.2. The van der Waals surface area contributed by atoms with Gasteiger partial charge < -0.3 is 14.8 Å². The zero-order valence-electron chi connectivity index (χ0n) is 8.77. The first kappa shape index (κ1) is 10.7. The van der Waals surface area contributed by atoms with Crippen LogP contribution < -0.4 is 0 Å². The van der Waals surface area contributed by atoms with Crippen molar-refractivity contribution in [3.63, 3.8) is 0 Å². The van der Waals surface area contributed by atoms with Crippen LogP contribution in [0.5, 0.6) is 0 Å². The van der Waals surface area contributed by atoms with Crippen LogP contribution in [0.4, 0.5) is 0 Å². The van der Waals surface area contributed by atoms with E-state index in [9.17, 15) is 4.79 Å². The monoisotopic (exact) mass is 219 g/mol. The number of hydrogen-bond donors (Lipinski definition) is 2. The number of nitrogens with one attached hydrogen (secondary N) is 1. The van der Waals surface area contributed by atoms with E-state index in [4.69, 9.17) is 5.11 Å². The summed E-state index contributed by atoms with van der Waals surface area (Å²) in [5.74, 6) is 0. The molecule has 0 aliphatic heterocycles. The fourth-order valence-electron chi connectivity index (χ4n) is 1.68. The maximum atomic E-state index is 9.99. The third-order valence-corrected chi connectivity index (χ3v) is 2.48. The van der Waals surface area contributed by atoms with E-state index in [2.05, 4.69) is 9.72 Å². The molecule has 0 spiro atoms. The number of aliphatic hydroxyl groups excluding tert-OH is 1. The predicted octanol–water partition coefficient (Wildman–Crippen LogP) is 1.38. The molecular formula is C12H13NO3. The van der Waals surface area contributed by atoms with Gasteiger partial charge in [-0.2, -0.15) is 0 Å². The van der Waals surface area contributed by atoms with Gasteiger partial charge in [-0.05, 0) is 23.1 Å². The van der Waals surface area contributed by atoms with Gasteiger partial charge in [-0.25, -0.2) is 0 Å². The van der Waals surface area contributed by atoms with Crippen LogP contribution in [0.25, 0.3) is 10.9 Å². The van der Waals surface area contributed by atoms with Gasteiger partial charge in [0.2, 0.25) is 0 Å². The van der Waals surface area contributed by atoms with E-state index in [1.807, 2.05) is 24.3 Å². The second kappa shape index (κ2) is 4.81. The number of hydrogen-bond acceptors (Lipinski definition) is 3. The summed E-state index contributed by atoms with van der Waals surface area (Å²) >= 11 is 0. The molecule has 1 aromatic heterocycles. The number of aromatic nitrogens is 1. The molecule has 1 aromatic carbocycles. The molecule has 0 atom stereocenters. The number of fused-ring (bicyclic) bond motifs is 1. The van der Waals surface area contributed by atoms with Gasteiger partial charge in [0, 0.05) is 17.6 Å². The zero-order valence-corrected chi connectivity index (χ0v) is 8.77. The molecule has 16 heavy (non-hydrogen) atoms. The minimum atomic E-state index is 0.0402. The number of H-pyrrole nitrogens is 1. The molecule has 0 aliphatic rings. The van der Waals surface area contributed by atoms with Crippen LogP contribution in [0.2, 0.25) is 0 Å². The van der Waals surface area contributed by atoms with E-state index in [0.29, 0.717) is 19.5 Å². The summed E-state index contributed by atoms with van der Waals surface area (Å²) in [5, 5.41) is 10.1. The number of rotatable bonds is 5. The molecule has 0 saturated heterocycles. The van der Waals surface area contributed by atoms with Crippen molar-refractivity contribution in [3.05, 3.63) is 35.5 Å². The average molecular weight is 219 g/mol. The molecule has 4 heteroatoms. The molecule has 2 N–H and O–H groups in total. The van der Waals surface area contributed by atoms with Crippen LogP contribution in [0.15, 0.2) is 24.3 Å². The van der Waals surface area contributed by atoms with Crippen molar-refractivity contribution < 1.29 is 14.6 Å². The number of ether oxygens (including phenoxy) is 1. The Balaban J connectivity index is 2.19. The first-order valence-corrected chi connectivity index (χ1v) is 5.10. The normalized spacial score (nSPS) is 10.6. The van der Waals surface area contributed by atoms with E-state index in [1.165, 1.54) is 0 Å². The van der Waals surface area contributed by atoms with Crippen molar-refractivity contribution in [1.82, 2.24) is 4.98 Å². The molecule has 0 fully saturated rings. The molecule has 2 aromatic rings. The highest BCUT2D eigenvalue weighted by Crippen LogP contribution is 2.17. The summed E-state index contributed by atoms with van der Waals surface area (Å²) < 4.78 is 4.64. The molecule has 0 amide bonds. The molecule has 4 nitrogen and oxygen atoms in total. The largest absolute Gasteiger partial charge is 0.467 e. The van der Waals surface area contributed by atoms with Crippen LogP contribution in [0.1, 0.15) is 11.3 Å². The Labute approximate surface area is 92.9 Å².